The molecule has 2 N–H and O–H groups in total. The van der Waals surface area contributed by atoms with Crippen molar-refractivity contribution in [3.8, 4) is 5.75 Å². The number of methoxy groups -OCH3 is 1. The summed E-state index contributed by atoms with van der Waals surface area (Å²) in [7, 11) is 1.47. The van der Waals surface area contributed by atoms with Crippen LogP contribution in [0.3, 0.4) is 0 Å². The molecule has 0 aliphatic rings. The molecule has 0 radical (unpaired) electrons. The largest absolute Gasteiger partial charge is 0.494 e. The normalized spacial score (nSPS) is 10.2. The topological polar surface area (TPSA) is 93.7 Å². The molecule has 2 amide bonds. The Balaban J connectivity index is 1.75. The molecule has 7 heteroatoms. The van der Waals surface area contributed by atoms with Gasteiger partial charge in [0.2, 0.25) is 0 Å². The minimum Gasteiger partial charge on any atom is -0.494 e. The van der Waals surface area contributed by atoms with Crippen LogP contribution in [0.1, 0.15) is 21.1 Å². The zero-order chi connectivity index (χ0) is 16.9. The van der Waals surface area contributed by atoms with Crippen molar-refractivity contribution in [2.75, 3.05) is 17.7 Å². The SMILES string of the molecule is COc1cc(NC(=O)c2ccco2)ccc1NC(=O)c1ccco1. The lowest BCUT2D eigenvalue weighted by atomic mass is 10.2. The van der Waals surface area contributed by atoms with E-state index < -0.39 is 5.91 Å². The fraction of sp³-hybridized carbons (Fsp3) is 0.0588. The minimum atomic E-state index is -0.398. The maximum absolute atomic E-state index is 12.0. The van der Waals surface area contributed by atoms with Crippen LogP contribution in [0.5, 0.6) is 5.75 Å². The number of carbonyl (C=O) groups is 2. The van der Waals surface area contributed by atoms with E-state index in [4.69, 9.17) is 13.6 Å². The number of carbonyl (C=O) groups excluding carboxylic acids is 2. The molecule has 0 aliphatic carbocycles. The van der Waals surface area contributed by atoms with Gasteiger partial charge in [0.15, 0.2) is 11.5 Å². The number of hydrogen-bond acceptors (Lipinski definition) is 5. The summed E-state index contributed by atoms with van der Waals surface area (Å²) in [5.74, 6) is 0.00339. The Hall–Kier alpha value is -3.48. The highest BCUT2D eigenvalue weighted by Crippen LogP contribution is 2.28. The van der Waals surface area contributed by atoms with E-state index in [9.17, 15) is 9.59 Å². The Morgan fingerprint density at radius 1 is 0.917 bits per heavy atom. The first-order valence-corrected chi connectivity index (χ1v) is 7.05. The third-order valence-electron chi connectivity index (χ3n) is 3.20. The molecule has 0 unspecified atom stereocenters. The van der Waals surface area contributed by atoms with Gasteiger partial charge in [-0.25, -0.2) is 0 Å². The van der Waals surface area contributed by atoms with Gasteiger partial charge in [0.1, 0.15) is 5.75 Å². The summed E-state index contributed by atoms with van der Waals surface area (Å²) in [6, 6.07) is 11.2. The van der Waals surface area contributed by atoms with Crippen LogP contribution in [-0.4, -0.2) is 18.9 Å². The van der Waals surface area contributed by atoms with E-state index in [1.807, 2.05) is 0 Å². The zero-order valence-corrected chi connectivity index (χ0v) is 12.7. The van der Waals surface area contributed by atoms with E-state index in [1.54, 1.807) is 42.5 Å². The van der Waals surface area contributed by atoms with Crippen LogP contribution in [0.15, 0.2) is 63.8 Å². The highest BCUT2D eigenvalue weighted by atomic mass is 16.5. The Morgan fingerprint density at radius 3 is 2.08 bits per heavy atom. The van der Waals surface area contributed by atoms with Gasteiger partial charge in [-0.05, 0) is 36.4 Å². The van der Waals surface area contributed by atoms with Gasteiger partial charge in [0.05, 0.1) is 25.3 Å². The first kappa shape index (κ1) is 15.4. The number of furan rings is 2. The van der Waals surface area contributed by atoms with Crippen molar-refractivity contribution in [3.63, 3.8) is 0 Å². The second kappa shape index (κ2) is 6.74. The second-order valence-electron chi connectivity index (χ2n) is 4.78. The Morgan fingerprint density at radius 2 is 1.54 bits per heavy atom. The lowest BCUT2D eigenvalue weighted by molar-refractivity contribution is 0.0988. The molecule has 3 rings (SSSR count). The van der Waals surface area contributed by atoms with Gasteiger partial charge >= 0.3 is 0 Å². The van der Waals surface area contributed by atoms with Gasteiger partial charge in [-0.1, -0.05) is 0 Å². The van der Waals surface area contributed by atoms with Crippen LogP contribution in [-0.2, 0) is 0 Å². The van der Waals surface area contributed by atoms with E-state index in [2.05, 4.69) is 10.6 Å². The van der Waals surface area contributed by atoms with E-state index in [1.165, 1.54) is 19.6 Å². The van der Waals surface area contributed by atoms with Gasteiger partial charge in [-0.3, -0.25) is 9.59 Å². The molecule has 24 heavy (non-hydrogen) atoms. The molecular weight excluding hydrogens is 312 g/mol. The predicted octanol–water partition coefficient (Wildman–Crippen LogP) is 3.39. The summed E-state index contributed by atoms with van der Waals surface area (Å²) in [4.78, 5) is 24.0. The number of ether oxygens (including phenoxy) is 1. The van der Waals surface area contributed by atoms with E-state index in [0.29, 0.717) is 17.1 Å². The highest BCUT2D eigenvalue weighted by Gasteiger charge is 2.14. The first-order valence-electron chi connectivity index (χ1n) is 7.05. The summed E-state index contributed by atoms with van der Waals surface area (Å²) in [5, 5.41) is 5.37. The van der Waals surface area contributed by atoms with Crippen molar-refractivity contribution in [3.05, 3.63) is 66.5 Å². The van der Waals surface area contributed by atoms with Crippen LogP contribution < -0.4 is 15.4 Å². The van der Waals surface area contributed by atoms with Crippen molar-refractivity contribution < 1.29 is 23.2 Å². The molecule has 0 saturated carbocycles. The van der Waals surface area contributed by atoms with E-state index in [-0.39, 0.29) is 17.4 Å². The molecule has 0 atom stereocenters. The summed E-state index contributed by atoms with van der Waals surface area (Å²) in [6.07, 6.45) is 2.84. The molecule has 2 aromatic heterocycles. The first-order chi connectivity index (χ1) is 11.7. The minimum absolute atomic E-state index is 0.187. The van der Waals surface area contributed by atoms with Gasteiger partial charge in [-0.15, -0.1) is 0 Å². The molecule has 3 aromatic rings. The zero-order valence-electron chi connectivity index (χ0n) is 12.7. The van der Waals surface area contributed by atoms with Crippen LogP contribution in [0.25, 0.3) is 0 Å². The summed E-state index contributed by atoms with van der Waals surface area (Å²) in [5.41, 5.74) is 0.958. The number of hydrogen-bond donors (Lipinski definition) is 2. The summed E-state index contributed by atoms with van der Waals surface area (Å²) < 4.78 is 15.3. The number of nitrogens with one attached hydrogen (secondary N) is 2. The van der Waals surface area contributed by atoms with Gasteiger partial charge < -0.3 is 24.2 Å². The quantitative estimate of drug-likeness (QED) is 0.749. The Labute approximate surface area is 137 Å². The molecule has 2 heterocycles. The lowest BCUT2D eigenvalue weighted by Crippen LogP contribution is -2.13. The maximum atomic E-state index is 12.0. The Kier molecular flexibility index (Phi) is 4.33. The standard InChI is InChI=1S/C17H14N2O5/c1-22-15-10-11(18-16(20)13-4-2-8-23-13)6-7-12(15)19-17(21)14-5-3-9-24-14/h2-10H,1H3,(H,18,20)(H,19,21). The molecule has 0 aliphatic heterocycles. The number of rotatable bonds is 5. The molecule has 0 saturated heterocycles. The van der Waals surface area contributed by atoms with E-state index >= 15 is 0 Å². The van der Waals surface area contributed by atoms with Crippen molar-refractivity contribution in [1.29, 1.82) is 0 Å². The van der Waals surface area contributed by atoms with Gasteiger partial charge in [-0.2, -0.15) is 0 Å². The third kappa shape index (κ3) is 3.30. The average molecular weight is 326 g/mol. The van der Waals surface area contributed by atoms with Crippen molar-refractivity contribution in [2.24, 2.45) is 0 Å². The molecule has 122 valence electrons. The lowest BCUT2D eigenvalue weighted by Gasteiger charge is -2.11. The van der Waals surface area contributed by atoms with Crippen molar-refractivity contribution in [2.45, 2.75) is 0 Å². The van der Waals surface area contributed by atoms with Crippen molar-refractivity contribution >= 4 is 23.2 Å². The maximum Gasteiger partial charge on any atom is 0.291 e. The van der Waals surface area contributed by atoms with Crippen LogP contribution >= 0.6 is 0 Å². The molecule has 0 fully saturated rings. The van der Waals surface area contributed by atoms with E-state index in [0.717, 1.165) is 0 Å². The smallest absolute Gasteiger partial charge is 0.291 e. The van der Waals surface area contributed by atoms with Crippen molar-refractivity contribution in [1.82, 2.24) is 0 Å². The fourth-order valence-electron chi connectivity index (χ4n) is 2.06. The number of benzene rings is 1. The monoisotopic (exact) mass is 326 g/mol. The van der Waals surface area contributed by atoms with Crippen LogP contribution in [0.4, 0.5) is 11.4 Å². The number of amides is 2. The van der Waals surface area contributed by atoms with Gasteiger partial charge in [0, 0.05) is 11.8 Å². The molecule has 0 spiro atoms. The van der Waals surface area contributed by atoms with Gasteiger partial charge in [0.25, 0.3) is 11.8 Å². The highest BCUT2D eigenvalue weighted by molar-refractivity contribution is 6.04. The third-order valence-corrected chi connectivity index (χ3v) is 3.20. The van der Waals surface area contributed by atoms with Crippen LogP contribution in [0.2, 0.25) is 0 Å². The summed E-state index contributed by atoms with van der Waals surface area (Å²) in [6.45, 7) is 0. The molecule has 1 aromatic carbocycles. The Bertz CT molecular complexity index is 838. The number of anilines is 2. The molecular formula is C17H14N2O5. The summed E-state index contributed by atoms with van der Waals surface area (Å²) >= 11 is 0. The second-order valence-corrected chi connectivity index (χ2v) is 4.78. The average Bonchev–Trinajstić information content (AvgIpc) is 3.29. The van der Waals surface area contributed by atoms with Crippen LogP contribution in [0, 0.1) is 0 Å². The predicted molar refractivity (Wildman–Crippen MR) is 86.3 cm³/mol. The molecule has 7 nitrogen and oxygen atoms in total. The molecule has 0 bridgehead atoms. The fourth-order valence-corrected chi connectivity index (χ4v) is 2.06.